The number of nitrogens with one attached hydrogen (secondary N) is 1. The van der Waals surface area contributed by atoms with Gasteiger partial charge in [0.25, 0.3) is 0 Å². The van der Waals surface area contributed by atoms with Crippen molar-refractivity contribution in [1.82, 2.24) is 14.8 Å². The number of H-pyrrole nitrogens is 1. The second-order valence-corrected chi connectivity index (χ2v) is 9.11. The van der Waals surface area contributed by atoms with Gasteiger partial charge in [-0.05, 0) is 60.9 Å². The molecule has 0 radical (unpaired) electrons. The highest BCUT2D eigenvalue weighted by atomic mass is 19.1. The van der Waals surface area contributed by atoms with Crippen molar-refractivity contribution in [2.75, 3.05) is 13.7 Å². The summed E-state index contributed by atoms with van der Waals surface area (Å²) in [6, 6.07) is 12.2. The van der Waals surface area contributed by atoms with Crippen molar-refractivity contribution < 1.29 is 28.5 Å². The van der Waals surface area contributed by atoms with E-state index >= 15 is 4.39 Å². The van der Waals surface area contributed by atoms with Crippen LogP contribution in [0, 0.1) is 18.6 Å². The minimum Gasteiger partial charge on any atom is -0.478 e. The largest absolute Gasteiger partial charge is 0.478 e. The van der Waals surface area contributed by atoms with Crippen molar-refractivity contribution in [1.29, 1.82) is 0 Å². The molecule has 5 aromatic rings. The minimum atomic E-state index is -1.57. The number of methoxy groups -OCH3 is 1. The predicted molar refractivity (Wildman–Crippen MR) is 136 cm³/mol. The van der Waals surface area contributed by atoms with Crippen LogP contribution in [-0.2, 0) is 10.3 Å². The van der Waals surface area contributed by atoms with E-state index < -0.39 is 23.2 Å². The number of nitrogens with zero attached hydrogens (tertiary/aromatic N) is 2. The van der Waals surface area contributed by atoms with E-state index in [1.165, 1.54) is 31.5 Å². The van der Waals surface area contributed by atoms with Crippen LogP contribution in [0.1, 0.15) is 35.0 Å². The van der Waals surface area contributed by atoms with Gasteiger partial charge < -0.3 is 19.5 Å². The average Bonchev–Trinajstić information content (AvgIpc) is 3.48. The summed E-state index contributed by atoms with van der Waals surface area (Å²) >= 11 is 0. The van der Waals surface area contributed by atoms with Crippen molar-refractivity contribution in [2.45, 2.75) is 25.9 Å². The molecule has 0 fully saturated rings. The van der Waals surface area contributed by atoms with E-state index in [1.807, 2.05) is 0 Å². The molecular formula is C28H25F2N3O4. The number of ether oxygens (including phenoxy) is 1. The highest BCUT2D eigenvalue weighted by molar-refractivity contribution is 6.07. The number of fused-ring (bicyclic) bond motifs is 2. The molecule has 5 rings (SSSR count). The molecule has 0 aliphatic heterocycles. The maximum absolute atomic E-state index is 16.3. The zero-order valence-electron chi connectivity index (χ0n) is 20.5. The van der Waals surface area contributed by atoms with Crippen LogP contribution in [0.25, 0.3) is 38.6 Å². The number of aromatic amines is 1. The van der Waals surface area contributed by atoms with Gasteiger partial charge in [-0.3, -0.25) is 5.10 Å². The number of aliphatic hydroxyl groups is 1. The van der Waals surface area contributed by atoms with Gasteiger partial charge in [-0.2, -0.15) is 5.10 Å². The highest BCUT2D eigenvalue weighted by Crippen LogP contribution is 2.46. The third-order valence-corrected chi connectivity index (χ3v) is 6.85. The summed E-state index contributed by atoms with van der Waals surface area (Å²) in [4.78, 5) is 11.7. The Bertz CT molecular complexity index is 1660. The van der Waals surface area contributed by atoms with E-state index in [0.29, 0.717) is 39.0 Å². The summed E-state index contributed by atoms with van der Waals surface area (Å²) in [6.45, 7) is 3.36. The topological polar surface area (TPSA) is 100 Å². The first-order valence-corrected chi connectivity index (χ1v) is 11.7. The molecule has 1 atom stereocenters. The molecule has 0 saturated heterocycles. The molecular weight excluding hydrogens is 480 g/mol. The van der Waals surface area contributed by atoms with Crippen LogP contribution in [-0.4, -0.2) is 44.7 Å². The number of carbonyl (C=O) groups is 1. The zero-order chi connectivity index (χ0) is 26.5. The smallest absolute Gasteiger partial charge is 0.335 e. The monoisotopic (exact) mass is 505 g/mol. The lowest BCUT2D eigenvalue weighted by Gasteiger charge is -2.30. The van der Waals surface area contributed by atoms with Crippen LogP contribution in [0.3, 0.4) is 0 Å². The van der Waals surface area contributed by atoms with Crippen LogP contribution in [0.4, 0.5) is 8.78 Å². The van der Waals surface area contributed by atoms with Crippen molar-refractivity contribution in [2.24, 2.45) is 0 Å². The Morgan fingerprint density at radius 1 is 1.16 bits per heavy atom. The minimum absolute atomic E-state index is 0.0960. The summed E-state index contributed by atoms with van der Waals surface area (Å²) in [5.41, 5.74) is 1.42. The fourth-order valence-corrected chi connectivity index (χ4v) is 5.02. The fourth-order valence-electron chi connectivity index (χ4n) is 5.02. The molecule has 7 nitrogen and oxygen atoms in total. The number of benzene rings is 3. The molecule has 0 bridgehead atoms. The molecule has 0 amide bonds. The molecule has 190 valence electrons. The Hall–Kier alpha value is -4.08. The number of rotatable bonds is 7. The fraction of sp³-hybridized carbons (Fsp3) is 0.214. The molecule has 0 saturated carbocycles. The average molecular weight is 506 g/mol. The van der Waals surface area contributed by atoms with Crippen LogP contribution >= 0.6 is 0 Å². The Morgan fingerprint density at radius 3 is 2.51 bits per heavy atom. The molecule has 2 heterocycles. The number of aromatic carboxylic acids is 1. The lowest BCUT2D eigenvalue weighted by Crippen LogP contribution is -2.33. The highest BCUT2D eigenvalue weighted by Gasteiger charge is 2.38. The van der Waals surface area contributed by atoms with Crippen molar-refractivity contribution in [3.05, 3.63) is 83.2 Å². The molecule has 37 heavy (non-hydrogen) atoms. The molecule has 0 aliphatic carbocycles. The van der Waals surface area contributed by atoms with E-state index in [1.54, 1.807) is 48.7 Å². The van der Waals surface area contributed by atoms with Gasteiger partial charge in [-0.15, -0.1) is 0 Å². The number of halogens is 2. The molecule has 1 unspecified atom stereocenters. The summed E-state index contributed by atoms with van der Waals surface area (Å²) < 4.78 is 37.3. The first-order valence-electron chi connectivity index (χ1n) is 11.7. The van der Waals surface area contributed by atoms with Gasteiger partial charge >= 0.3 is 5.97 Å². The molecule has 9 heteroatoms. The standard InChI is InChI=1S/C28H25F2N3O4/c1-4-28(36,14-37-3)26-22(16-5-10-20(27(34)35)15(2)11-16)23-21(12-17-13-31-32-25(17)24(23)30)33(26)19-8-6-18(29)7-9-19/h5-13,36H,4,14H2,1-3H3,(H,31,32)(H,34,35). The summed E-state index contributed by atoms with van der Waals surface area (Å²) in [5, 5.41) is 28.9. The van der Waals surface area contributed by atoms with Gasteiger partial charge in [0.05, 0.1) is 29.6 Å². The predicted octanol–water partition coefficient (Wildman–Crippen LogP) is 5.70. The normalized spacial score (nSPS) is 13.4. The van der Waals surface area contributed by atoms with E-state index in [0.717, 1.165) is 0 Å². The van der Waals surface area contributed by atoms with Gasteiger partial charge in [-0.25, -0.2) is 13.6 Å². The third kappa shape index (κ3) is 3.87. The second kappa shape index (κ2) is 9.10. The van der Waals surface area contributed by atoms with Gasteiger partial charge in [-0.1, -0.05) is 19.1 Å². The molecule has 0 spiro atoms. The Labute approximate surface area is 210 Å². The summed E-state index contributed by atoms with van der Waals surface area (Å²) in [6.07, 6.45) is 1.73. The van der Waals surface area contributed by atoms with Gasteiger partial charge in [0.15, 0.2) is 5.82 Å². The number of aromatic nitrogens is 3. The summed E-state index contributed by atoms with van der Waals surface area (Å²) in [5.74, 6) is -2.08. The van der Waals surface area contributed by atoms with E-state index in [2.05, 4.69) is 10.2 Å². The number of hydrogen-bond acceptors (Lipinski definition) is 4. The quantitative estimate of drug-likeness (QED) is 0.263. The Morgan fingerprint density at radius 2 is 1.89 bits per heavy atom. The Balaban J connectivity index is 2.01. The lowest BCUT2D eigenvalue weighted by atomic mass is 9.88. The molecule has 0 aliphatic rings. The van der Waals surface area contributed by atoms with Crippen molar-refractivity contribution in [3.63, 3.8) is 0 Å². The number of hydrogen-bond donors (Lipinski definition) is 3. The maximum Gasteiger partial charge on any atom is 0.335 e. The van der Waals surface area contributed by atoms with Crippen LogP contribution < -0.4 is 0 Å². The number of aryl methyl sites for hydroxylation is 1. The van der Waals surface area contributed by atoms with Crippen LogP contribution in [0.2, 0.25) is 0 Å². The Kier molecular flexibility index (Phi) is 6.05. The van der Waals surface area contributed by atoms with Crippen LogP contribution in [0.5, 0.6) is 0 Å². The number of carboxylic acid groups (broad SMARTS) is 1. The first-order chi connectivity index (χ1) is 17.7. The maximum atomic E-state index is 16.3. The van der Waals surface area contributed by atoms with Gasteiger partial charge in [0, 0.05) is 29.1 Å². The number of carboxylic acids is 1. The van der Waals surface area contributed by atoms with Crippen molar-refractivity contribution in [3.8, 4) is 16.8 Å². The van der Waals surface area contributed by atoms with Crippen molar-refractivity contribution >= 4 is 27.8 Å². The SMILES string of the molecule is CCC(O)(COC)c1c(-c2ccc(C(=O)O)c(C)c2)c2c(F)c3[nH]ncc3cc2n1-c1ccc(F)cc1. The third-order valence-electron chi connectivity index (χ3n) is 6.85. The van der Waals surface area contributed by atoms with E-state index in [-0.39, 0.29) is 29.5 Å². The second-order valence-electron chi connectivity index (χ2n) is 9.11. The molecule has 2 aromatic heterocycles. The van der Waals surface area contributed by atoms with Gasteiger partial charge in [0.2, 0.25) is 0 Å². The summed E-state index contributed by atoms with van der Waals surface area (Å²) in [7, 11) is 1.46. The van der Waals surface area contributed by atoms with Crippen LogP contribution in [0.15, 0.2) is 54.7 Å². The molecule has 3 N–H and O–H groups in total. The molecule has 3 aromatic carbocycles. The van der Waals surface area contributed by atoms with Gasteiger partial charge in [0.1, 0.15) is 16.9 Å². The first kappa shape index (κ1) is 24.6. The van der Waals surface area contributed by atoms with E-state index in [4.69, 9.17) is 4.74 Å². The zero-order valence-corrected chi connectivity index (χ0v) is 20.5. The lowest BCUT2D eigenvalue weighted by molar-refractivity contribution is -0.0422. The van der Waals surface area contributed by atoms with E-state index in [9.17, 15) is 19.4 Å².